The molecule has 3 fully saturated rings. The highest BCUT2D eigenvalue weighted by atomic mass is 16.1. The van der Waals surface area contributed by atoms with E-state index in [1.807, 2.05) is 45.0 Å². The molecule has 5 heteroatoms. The number of carbonyl (C=O) groups is 1. The SMILES string of the molecule is CC(C)(C)C(=O)CN1CC2CN(CCCNc3ccc(C#N)cc3)CC3C[C@]23C1. The van der Waals surface area contributed by atoms with E-state index in [0.29, 0.717) is 23.3 Å². The van der Waals surface area contributed by atoms with Crippen LogP contribution in [0.3, 0.4) is 0 Å². The number of benzene rings is 1. The highest BCUT2D eigenvalue weighted by molar-refractivity contribution is 5.85. The molecule has 1 aromatic rings. The summed E-state index contributed by atoms with van der Waals surface area (Å²) in [5.74, 6) is 1.94. The molecule has 1 N–H and O–H groups in total. The van der Waals surface area contributed by atoms with Gasteiger partial charge < -0.3 is 10.2 Å². The van der Waals surface area contributed by atoms with E-state index < -0.39 is 0 Å². The highest BCUT2D eigenvalue weighted by Gasteiger charge is 2.65. The molecule has 2 aliphatic heterocycles. The van der Waals surface area contributed by atoms with Crippen LogP contribution in [0.25, 0.3) is 0 Å². The Morgan fingerprint density at radius 1 is 1.17 bits per heavy atom. The molecule has 4 rings (SSSR count). The highest BCUT2D eigenvalue weighted by Crippen LogP contribution is 2.63. The fourth-order valence-electron chi connectivity index (χ4n) is 5.32. The third-order valence-electron chi connectivity index (χ3n) is 7.24. The maximum absolute atomic E-state index is 12.5. The average Bonchev–Trinajstić information content (AvgIpc) is 3.27. The molecule has 1 saturated carbocycles. The largest absolute Gasteiger partial charge is 0.385 e. The molecule has 2 saturated heterocycles. The maximum atomic E-state index is 12.5. The predicted molar refractivity (Wildman–Crippen MR) is 116 cm³/mol. The molecule has 5 nitrogen and oxygen atoms in total. The molecule has 1 spiro atoms. The zero-order chi connectivity index (χ0) is 20.6. The Balaban J connectivity index is 1.22. The summed E-state index contributed by atoms with van der Waals surface area (Å²) >= 11 is 0. The zero-order valence-corrected chi connectivity index (χ0v) is 18.1. The number of hydrogen-bond donors (Lipinski definition) is 1. The Labute approximate surface area is 175 Å². The topological polar surface area (TPSA) is 59.4 Å². The van der Waals surface area contributed by atoms with Gasteiger partial charge in [-0.15, -0.1) is 0 Å². The van der Waals surface area contributed by atoms with E-state index in [2.05, 4.69) is 21.2 Å². The van der Waals surface area contributed by atoms with Crippen LogP contribution in [0.1, 0.15) is 39.2 Å². The maximum Gasteiger partial charge on any atom is 0.152 e. The Kier molecular flexibility index (Phi) is 5.44. The summed E-state index contributed by atoms with van der Waals surface area (Å²) in [5, 5.41) is 12.3. The predicted octanol–water partition coefficient (Wildman–Crippen LogP) is 3.23. The van der Waals surface area contributed by atoms with E-state index in [9.17, 15) is 4.79 Å². The van der Waals surface area contributed by atoms with Crippen LogP contribution in [0.2, 0.25) is 0 Å². The summed E-state index contributed by atoms with van der Waals surface area (Å²) in [6.07, 6.45) is 2.48. The smallest absolute Gasteiger partial charge is 0.152 e. The minimum atomic E-state index is -0.234. The van der Waals surface area contributed by atoms with Crippen LogP contribution in [-0.4, -0.2) is 61.4 Å². The van der Waals surface area contributed by atoms with Crippen molar-refractivity contribution in [2.45, 2.75) is 33.6 Å². The first-order chi connectivity index (χ1) is 13.8. The Morgan fingerprint density at radius 3 is 2.55 bits per heavy atom. The molecule has 29 heavy (non-hydrogen) atoms. The van der Waals surface area contributed by atoms with Gasteiger partial charge in [-0.3, -0.25) is 9.69 Å². The quantitative estimate of drug-likeness (QED) is 0.720. The van der Waals surface area contributed by atoms with Crippen LogP contribution in [0, 0.1) is 34.0 Å². The van der Waals surface area contributed by atoms with Gasteiger partial charge in [0.15, 0.2) is 5.78 Å². The lowest BCUT2D eigenvalue weighted by molar-refractivity contribution is -0.127. The lowest BCUT2D eigenvalue weighted by Crippen LogP contribution is -2.41. The van der Waals surface area contributed by atoms with Crippen LogP contribution in [-0.2, 0) is 4.79 Å². The first-order valence-corrected chi connectivity index (χ1v) is 11.0. The molecule has 1 aliphatic carbocycles. The van der Waals surface area contributed by atoms with Crippen LogP contribution < -0.4 is 5.32 Å². The number of likely N-dealkylation sites (tertiary alicyclic amines) is 2. The van der Waals surface area contributed by atoms with Crippen molar-refractivity contribution in [3.63, 3.8) is 0 Å². The van der Waals surface area contributed by atoms with E-state index in [1.165, 1.54) is 19.5 Å². The van der Waals surface area contributed by atoms with E-state index in [4.69, 9.17) is 5.26 Å². The molecular formula is C24H34N4O. The fraction of sp³-hybridized carbons (Fsp3) is 0.667. The molecular weight excluding hydrogens is 360 g/mol. The number of nitriles is 1. The molecule has 2 heterocycles. The van der Waals surface area contributed by atoms with Gasteiger partial charge in [-0.25, -0.2) is 0 Å². The van der Waals surface area contributed by atoms with Crippen molar-refractivity contribution in [2.24, 2.45) is 22.7 Å². The average molecular weight is 395 g/mol. The minimum Gasteiger partial charge on any atom is -0.385 e. The monoisotopic (exact) mass is 394 g/mol. The van der Waals surface area contributed by atoms with Crippen molar-refractivity contribution in [3.8, 4) is 6.07 Å². The second-order valence-corrected chi connectivity index (χ2v) is 10.4. The number of piperidine rings is 1. The third-order valence-corrected chi connectivity index (χ3v) is 7.24. The molecule has 0 aromatic heterocycles. The number of nitrogens with one attached hydrogen (secondary N) is 1. The van der Waals surface area contributed by atoms with Crippen LogP contribution in [0.15, 0.2) is 24.3 Å². The van der Waals surface area contributed by atoms with Gasteiger partial charge >= 0.3 is 0 Å². The van der Waals surface area contributed by atoms with Gasteiger partial charge in [0.25, 0.3) is 0 Å². The van der Waals surface area contributed by atoms with Crippen molar-refractivity contribution in [1.29, 1.82) is 5.26 Å². The summed E-state index contributed by atoms with van der Waals surface area (Å²) in [7, 11) is 0. The van der Waals surface area contributed by atoms with Crippen molar-refractivity contribution in [2.75, 3.05) is 51.1 Å². The van der Waals surface area contributed by atoms with E-state index in [0.717, 1.165) is 50.1 Å². The standard InChI is InChI=1S/C24H34N4O/c1-23(2,3)22(29)16-28-15-20-14-27(13-19-11-24(19,20)17-28)10-4-9-26-21-7-5-18(12-25)6-8-21/h5-8,19-20,26H,4,9-11,13-17H2,1-3H3/t19?,20?,24-/m1/s1. The summed E-state index contributed by atoms with van der Waals surface area (Å²) in [5.41, 5.74) is 2.07. The van der Waals surface area contributed by atoms with Gasteiger partial charge in [0.1, 0.15) is 0 Å². The fourth-order valence-corrected chi connectivity index (χ4v) is 5.32. The van der Waals surface area contributed by atoms with E-state index in [1.54, 1.807) is 0 Å². The van der Waals surface area contributed by atoms with Gasteiger partial charge in [-0.05, 0) is 60.9 Å². The molecule has 0 amide bonds. The molecule has 3 aliphatic rings. The Hall–Kier alpha value is -1.90. The minimum absolute atomic E-state index is 0.234. The van der Waals surface area contributed by atoms with E-state index >= 15 is 0 Å². The number of ketones is 1. The second kappa shape index (κ2) is 7.74. The second-order valence-electron chi connectivity index (χ2n) is 10.4. The number of carbonyl (C=O) groups excluding carboxylic acids is 1. The molecule has 156 valence electrons. The van der Waals surface area contributed by atoms with Gasteiger partial charge in [0.2, 0.25) is 0 Å². The molecule has 2 unspecified atom stereocenters. The lowest BCUT2D eigenvalue weighted by atomic mass is 9.87. The third kappa shape index (κ3) is 4.34. The molecule has 3 atom stereocenters. The van der Waals surface area contributed by atoms with Crippen molar-refractivity contribution >= 4 is 11.5 Å². The van der Waals surface area contributed by atoms with Crippen molar-refractivity contribution in [3.05, 3.63) is 29.8 Å². The summed E-state index contributed by atoms with van der Waals surface area (Å²) in [6, 6.07) is 9.82. The van der Waals surface area contributed by atoms with Gasteiger partial charge in [-0.1, -0.05) is 20.8 Å². The summed E-state index contributed by atoms with van der Waals surface area (Å²) < 4.78 is 0. The Morgan fingerprint density at radius 2 is 1.86 bits per heavy atom. The molecule has 0 bridgehead atoms. The van der Waals surface area contributed by atoms with Crippen LogP contribution in [0.5, 0.6) is 0 Å². The number of nitrogens with zero attached hydrogens (tertiary/aromatic N) is 3. The van der Waals surface area contributed by atoms with Gasteiger partial charge in [0.05, 0.1) is 18.2 Å². The number of hydrogen-bond acceptors (Lipinski definition) is 5. The number of Topliss-reactive ketones (excluding diaryl/α,β-unsaturated/α-hetero) is 1. The Bertz CT molecular complexity index is 791. The number of rotatable bonds is 7. The van der Waals surface area contributed by atoms with Crippen LogP contribution >= 0.6 is 0 Å². The number of anilines is 1. The van der Waals surface area contributed by atoms with Crippen LogP contribution in [0.4, 0.5) is 5.69 Å². The van der Waals surface area contributed by atoms with E-state index in [-0.39, 0.29) is 5.41 Å². The molecule has 1 aromatic carbocycles. The van der Waals surface area contributed by atoms with Crippen molar-refractivity contribution < 1.29 is 4.79 Å². The van der Waals surface area contributed by atoms with Crippen molar-refractivity contribution in [1.82, 2.24) is 9.80 Å². The molecule has 0 radical (unpaired) electrons. The zero-order valence-electron chi connectivity index (χ0n) is 18.1. The van der Waals surface area contributed by atoms with Gasteiger partial charge in [0, 0.05) is 43.8 Å². The summed E-state index contributed by atoms with van der Waals surface area (Å²) in [6.45, 7) is 13.5. The lowest BCUT2D eigenvalue weighted by Gasteiger charge is -2.34. The normalized spacial score (nSPS) is 29.0. The van der Waals surface area contributed by atoms with Gasteiger partial charge in [-0.2, -0.15) is 5.26 Å². The summed E-state index contributed by atoms with van der Waals surface area (Å²) in [4.78, 5) is 17.5. The first kappa shape index (κ1) is 20.4. The first-order valence-electron chi connectivity index (χ1n) is 11.0.